The van der Waals surface area contributed by atoms with Crippen molar-refractivity contribution in [1.82, 2.24) is 10.6 Å². The lowest BCUT2D eigenvalue weighted by Gasteiger charge is -2.21. The topological polar surface area (TPSA) is 84.2 Å². The van der Waals surface area contributed by atoms with Crippen molar-refractivity contribution in [3.05, 3.63) is 35.4 Å². The first-order valence-corrected chi connectivity index (χ1v) is 4.99. The van der Waals surface area contributed by atoms with Crippen molar-refractivity contribution in [2.24, 2.45) is 5.73 Å². The zero-order valence-electron chi connectivity index (χ0n) is 8.91. The van der Waals surface area contributed by atoms with Crippen molar-refractivity contribution in [2.45, 2.75) is 19.0 Å². The van der Waals surface area contributed by atoms with Gasteiger partial charge in [0.1, 0.15) is 5.54 Å². The summed E-state index contributed by atoms with van der Waals surface area (Å²) in [5.74, 6) is -0.335. The van der Waals surface area contributed by atoms with Crippen LogP contribution >= 0.6 is 0 Å². The predicted molar refractivity (Wildman–Crippen MR) is 58.4 cm³/mol. The molecule has 5 heteroatoms. The third-order valence-corrected chi connectivity index (χ3v) is 2.81. The van der Waals surface area contributed by atoms with E-state index in [4.69, 9.17) is 5.73 Å². The van der Waals surface area contributed by atoms with Gasteiger partial charge < -0.3 is 11.1 Å². The molecular formula is C11H13N3O2. The Kier molecular flexibility index (Phi) is 2.40. The van der Waals surface area contributed by atoms with Gasteiger partial charge in [-0.1, -0.05) is 24.3 Å². The summed E-state index contributed by atoms with van der Waals surface area (Å²) in [4.78, 5) is 22.7. The van der Waals surface area contributed by atoms with Crippen LogP contribution in [0.3, 0.4) is 0 Å². The van der Waals surface area contributed by atoms with E-state index in [0.29, 0.717) is 6.54 Å². The van der Waals surface area contributed by atoms with Crippen LogP contribution in [0, 0.1) is 0 Å². The van der Waals surface area contributed by atoms with Gasteiger partial charge in [-0.3, -0.25) is 10.1 Å². The second-order valence-electron chi connectivity index (χ2n) is 3.93. The number of nitrogens with two attached hydrogens (primary N) is 1. The zero-order valence-corrected chi connectivity index (χ0v) is 8.91. The van der Waals surface area contributed by atoms with Crippen LogP contribution in [0.25, 0.3) is 0 Å². The molecule has 3 amide bonds. The zero-order chi connectivity index (χ0) is 11.8. The van der Waals surface area contributed by atoms with E-state index in [1.54, 1.807) is 19.1 Å². The maximum atomic E-state index is 11.6. The Labute approximate surface area is 93.0 Å². The molecule has 1 aromatic rings. The fraction of sp³-hybridized carbons (Fsp3) is 0.273. The van der Waals surface area contributed by atoms with E-state index >= 15 is 0 Å². The van der Waals surface area contributed by atoms with Gasteiger partial charge in [-0.15, -0.1) is 0 Å². The van der Waals surface area contributed by atoms with E-state index in [2.05, 4.69) is 10.6 Å². The Bertz CT molecular complexity index is 441. The summed E-state index contributed by atoms with van der Waals surface area (Å²) >= 11 is 0. The minimum Gasteiger partial charge on any atom is -0.326 e. The molecule has 0 radical (unpaired) electrons. The van der Waals surface area contributed by atoms with Crippen LogP contribution < -0.4 is 16.4 Å². The summed E-state index contributed by atoms with van der Waals surface area (Å²) in [5, 5.41) is 4.82. The van der Waals surface area contributed by atoms with Crippen LogP contribution in [0.1, 0.15) is 18.1 Å². The number of urea groups is 1. The summed E-state index contributed by atoms with van der Waals surface area (Å²) in [6.07, 6.45) is 0. The van der Waals surface area contributed by atoms with Crippen LogP contribution in [-0.4, -0.2) is 11.9 Å². The highest BCUT2D eigenvalue weighted by molar-refractivity contribution is 6.07. The second kappa shape index (κ2) is 3.61. The third kappa shape index (κ3) is 1.55. The van der Waals surface area contributed by atoms with Gasteiger partial charge in [0.2, 0.25) is 0 Å². The molecule has 1 aliphatic rings. The van der Waals surface area contributed by atoms with Crippen molar-refractivity contribution in [3.8, 4) is 0 Å². The molecule has 1 saturated heterocycles. The maximum Gasteiger partial charge on any atom is 0.322 e. The van der Waals surface area contributed by atoms with Crippen molar-refractivity contribution < 1.29 is 9.59 Å². The van der Waals surface area contributed by atoms with Crippen molar-refractivity contribution in [3.63, 3.8) is 0 Å². The molecule has 1 heterocycles. The first kappa shape index (κ1) is 10.6. The van der Waals surface area contributed by atoms with Crippen molar-refractivity contribution >= 4 is 11.9 Å². The monoisotopic (exact) mass is 219 g/mol. The number of imide groups is 1. The van der Waals surface area contributed by atoms with Crippen LogP contribution in [0.4, 0.5) is 4.79 Å². The largest absolute Gasteiger partial charge is 0.326 e. The molecule has 1 aromatic carbocycles. The summed E-state index contributed by atoms with van der Waals surface area (Å²) in [6.45, 7) is 2.13. The molecule has 16 heavy (non-hydrogen) atoms. The fourth-order valence-electron chi connectivity index (χ4n) is 1.72. The average molecular weight is 219 g/mol. The molecule has 0 saturated carbocycles. The molecular weight excluding hydrogens is 206 g/mol. The van der Waals surface area contributed by atoms with Crippen LogP contribution in [0.15, 0.2) is 24.3 Å². The van der Waals surface area contributed by atoms with Gasteiger partial charge in [-0.05, 0) is 18.1 Å². The second-order valence-corrected chi connectivity index (χ2v) is 3.93. The summed E-state index contributed by atoms with van der Waals surface area (Å²) in [5.41, 5.74) is 6.23. The number of amides is 3. The molecule has 2 rings (SSSR count). The van der Waals surface area contributed by atoms with E-state index < -0.39 is 11.6 Å². The van der Waals surface area contributed by atoms with Gasteiger partial charge in [0.05, 0.1) is 0 Å². The number of benzene rings is 1. The SMILES string of the molecule is CC1(c2ccc(CN)cc2)NC(=O)NC1=O. The van der Waals surface area contributed by atoms with Gasteiger partial charge in [0, 0.05) is 6.54 Å². The number of rotatable bonds is 2. The van der Waals surface area contributed by atoms with Gasteiger partial charge in [-0.25, -0.2) is 4.79 Å². The number of hydrogen-bond acceptors (Lipinski definition) is 3. The Morgan fingerprint density at radius 3 is 2.31 bits per heavy atom. The lowest BCUT2D eigenvalue weighted by Crippen LogP contribution is -2.40. The molecule has 4 N–H and O–H groups in total. The summed E-state index contributed by atoms with van der Waals surface area (Å²) in [6, 6.07) is 6.83. The van der Waals surface area contributed by atoms with E-state index in [0.717, 1.165) is 11.1 Å². The maximum absolute atomic E-state index is 11.6. The Hall–Kier alpha value is -1.88. The number of carbonyl (C=O) groups excluding carboxylic acids is 2. The Balaban J connectivity index is 2.36. The molecule has 1 atom stereocenters. The number of nitrogens with one attached hydrogen (secondary N) is 2. The predicted octanol–water partition coefficient (Wildman–Crippen LogP) is 0.200. The fourth-order valence-corrected chi connectivity index (χ4v) is 1.72. The van der Waals surface area contributed by atoms with Gasteiger partial charge in [0.25, 0.3) is 5.91 Å². The van der Waals surface area contributed by atoms with E-state index in [-0.39, 0.29) is 5.91 Å². The molecule has 0 spiro atoms. The highest BCUT2D eigenvalue weighted by Crippen LogP contribution is 2.24. The first-order valence-electron chi connectivity index (χ1n) is 4.99. The highest BCUT2D eigenvalue weighted by Gasteiger charge is 2.43. The number of carbonyl (C=O) groups is 2. The average Bonchev–Trinajstić information content (AvgIpc) is 2.54. The third-order valence-electron chi connectivity index (χ3n) is 2.81. The van der Waals surface area contributed by atoms with E-state index in [1.165, 1.54) is 0 Å². The van der Waals surface area contributed by atoms with Crippen LogP contribution in [0.2, 0.25) is 0 Å². The molecule has 0 bridgehead atoms. The smallest absolute Gasteiger partial charge is 0.322 e. The Morgan fingerprint density at radius 2 is 1.88 bits per heavy atom. The van der Waals surface area contributed by atoms with Crippen molar-refractivity contribution in [1.29, 1.82) is 0 Å². The summed E-state index contributed by atoms with van der Waals surface area (Å²) < 4.78 is 0. The Morgan fingerprint density at radius 1 is 1.25 bits per heavy atom. The normalized spacial score (nSPS) is 24.1. The van der Waals surface area contributed by atoms with E-state index in [9.17, 15) is 9.59 Å². The minimum absolute atomic E-state index is 0.335. The summed E-state index contributed by atoms with van der Waals surface area (Å²) in [7, 11) is 0. The van der Waals surface area contributed by atoms with Gasteiger partial charge >= 0.3 is 6.03 Å². The molecule has 1 aliphatic heterocycles. The lowest BCUT2D eigenvalue weighted by atomic mass is 9.91. The molecule has 0 aromatic heterocycles. The van der Waals surface area contributed by atoms with Gasteiger partial charge in [0.15, 0.2) is 0 Å². The highest BCUT2D eigenvalue weighted by atomic mass is 16.2. The standard InChI is InChI=1S/C11H13N3O2/c1-11(9(15)13-10(16)14-11)8-4-2-7(6-12)3-5-8/h2-5H,6,12H2,1H3,(H2,13,14,15,16). The molecule has 0 aliphatic carbocycles. The lowest BCUT2D eigenvalue weighted by molar-refractivity contribution is -0.123. The van der Waals surface area contributed by atoms with Crippen molar-refractivity contribution in [2.75, 3.05) is 0 Å². The first-order chi connectivity index (χ1) is 7.56. The molecule has 84 valence electrons. The molecule has 1 unspecified atom stereocenters. The molecule has 5 nitrogen and oxygen atoms in total. The number of hydrogen-bond donors (Lipinski definition) is 3. The minimum atomic E-state index is -0.982. The van der Waals surface area contributed by atoms with E-state index in [1.807, 2.05) is 12.1 Å². The van der Waals surface area contributed by atoms with Gasteiger partial charge in [-0.2, -0.15) is 0 Å². The molecule has 1 fully saturated rings. The quantitative estimate of drug-likeness (QED) is 0.621. The van der Waals surface area contributed by atoms with Crippen LogP contribution in [0.5, 0.6) is 0 Å². The van der Waals surface area contributed by atoms with Crippen LogP contribution in [-0.2, 0) is 16.9 Å².